The van der Waals surface area contributed by atoms with Gasteiger partial charge in [0.1, 0.15) is 11.2 Å². The van der Waals surface area contributed by atoms with Crippen LogP contribution in [-0.2, 0) is 0 Å². The summed E-state index contributed by atoms with van der Waals surface area (Å²) in [4.78, 5) is 0. The highest BCUT2D eigenvalue weighted by atomic mass is 16.3. The van der Waals surface area contributed by atoms with Gasteiger partial charge in [-0.3, -0.25) is 0 Å². The molecule has 0 bridgehead atoms. The predicted octanol–water partition coefficient (Wildman–Crippen LogP) is 12.6. The average molecular weight is 625 g/mol. The summed E-state index contributed by atoms with van der Waals surface area (Å²) >= 11 is 0. The number of fused-ring (bicyclic) bond motifs is 11. The molecule has 8 aromatic carbocycles. The zero-order chi connectivity index (χ0) is 32.1. The Labute approximate surface area is 281 Å². The molecule has 3 heterocycles. The smallest absolute Gasteiger partial charge is 0.143 e. The molecule has 0 aliphatic carbocycles. The lowest BCUT2D eigenvalue weighted by atomic mass is 10.0. The van der Waals surface area contributed by atoms with Crippen molar-refractivity contribution in [3.8, 4) is 22.5 Å². The van der Waals surface area contributed by atoms with Crippen molar-refractivity contribution in [3.05, 3.63) is 170 Å². The van der Waals surface area contributed by atoms with Crippen LogP contribution in [0.1, 0.15) is 0 Å². The second-order valence-corrected chi connectivity index (χ2v) is 13.0. The number of hydrogen-bond acceptors (Lipinski definition) is 1. The van der Waals surface area contributed by atoms with Crippen LogP contribution in [0.15, 0.2) is 174 Å². The van der Waals surface area contributed by atoms with Gasteiger partial charge in [-0.25, -0.2) is 0 Å². The van der Waals surface area contributed by atoms with Crippen LogP contribution in [0.2, 0.25) is 0 Å². The molecule has 0 aliphatic heterocycles. The first-order chi connectivity index (χ1) is 24.3. The lowest BCUT2D eigenvalue weighted by Gasteiger charge is -2.10. The first kappa shape index (κ1) is 26.5. The van der Waals surface area contributed by atoms with E-state index in [1.807, 2.05) is 0 Å². The summed E-state index contributed by atoms with van der Waals surface area (Å²) in [6.45, 7) is 0. The summed E-state index contributed by atoms with van der Waals surface area (Å²) in [6.07, 6.45) is 0. The van der Waals surface area contributed by atoms with Crippen molar-refractivity contribution in [2.45, 2.75) is 0 Å². The third-order valence-electron chi connectivity index (χ3n) is 10.3. The molecule has 0 saturated carbocycles. The van der Waals surface area contributed by atoms with Crippen LogP contribution in [0.3, 0.4) is 0 Å². The van der Waals surface area contributed by atoms with Crippen molar-refractivity contribution in [1.29, 1.82) is 0 Å². The maximum absolute atomic E-state index is 6.45. The van der Waals surface area contributed by atoms with E-state index >= 15 is 0 Å². The van der Waals surface area contributed by atoms with E-state index < -0.39 is 0 Å². The van der Waals surface area contributed by atoms with E-state index in [-0.39, 0.29) is 0 Å². The van der Waals surface area contributed by atoms with Crippen LogP contribution < -0.4 is 0 Å². The van der Waals surface area contributed by atoms with Crippen LogP contribution in [0.5, 0.6) is 0 Å². The van der Waals surface area contributed by atoms with Gasteiger partial charge in [0.25, 0.3) is 0 Å². The molecule has 228 valence electrons. The van der Waals surface area contributed by atoms with Crippen LogP contribution in [0.4, 0.5) is 0 Å². The minimum absolute atomic E-state index is 0.904. The molecule has 0 atom stereocenters. The van der Waals surface area contributed by atoms with Gasteiger partial charge in [-0.1, -0.05) is 103 Å². The molecular formula is C46H28N2O. The van der Waals surface area contributed by atoms with Gasteiger partial charge >= 0.3 is 0 Å². The number of para-hydroxylation sites is 3. The second kappa shape index (κ2) is 9.96. The number of nitrogens with zero attached hydrogens (tertiary/aromatic N) is 2. The Balaban J connectivity index is 1.11. The molecule has 0 radical (unpaired) electrons. The molecule has 49 heavy (non-hydrogen) atoms. The maximum atomic E-state index is 6.45. The van der Waals surface area contributed by atoms with Crippen molar-refractivity contribution in [2.75, 3.05) is 0 Å². The SMILES string of the molecule is c1ccc(-n2c3ccccc3c3ccc(-c4ccc5c(c4)c4ccccc4n5-c4ccc5oc6c7ccccc7ccc6c5c4)cc32)cc1. The molecule has 0 spiro atoms. The van der Waals surface area contributed by atoms with Gasteiger partial charge in [0.2, 0.25) is 0 Å². The largest absolute Gasteiger partial charge is 0.455 e. The van der Waals surface area contributed by atoms with E-state index in [1.54, 1.807) is 0 Å². The molecule has 3 aromatic heterocycles. The normalized spacial score (nSPS) is 12.1. The van der Waals surface area contributed by atoms with Crippen molar-refractivity contribution in [2.24, 2.45) is 0 Å². The van der Waals surface area contributed by atoms with Gasteiger partial charge in [0.05, 0.1) is 22.1 Å². The highest BCUT2D eigenvalue weighted by Crippen LogP contribution is 2.40. The van der Waals surface area contributed by atoms with Gasteiger partial charge in [0.15, 0.2) is 0 Å². The van der Waals surface area contributed by atoms with Crippen LogP contribution in [0, 0.1) is 0 Å². The molecule has 0 unspecified atom stereocenters. The molecule has 0 amide bonds. The van der Waals surface area contributed by atoms with Gasteiger partial charge in [-0.2, -0.15) is 0 Å². The number of furan rings is 1. The third kappa shape index (κ3) is 3.78. The fourth-order valence-electron chi connectivity index (χ4n) is 8.07. The van der Waals surface area contributed by atoms with E-state index in [1.165, 1.54) is 65.8 Å². The van der Waals surface area contributed by atoms with Crippen LogP contribution in [0.25, 0.3) is 98.8 Å². The second-order valence-electron chi connectivity index (χ2n) is 13.0. The van der Waals surface area contributed by atoms with Crippen molar-refractivity contribution in [1.82, 2.24) is 9.13 Å². The number of hydrogen-bond donors (Lipinski definition) is 0. The monoisotopic (exact) mass is 624 g/mol. The Kier molecular flexibility index (Phi) is 5.38. The first-order valence-electron chi connectivity index (χ1n) is 16.8. The number of benzene rings is 8. The maximum Gasteiger partial charge on any atom is 0.143 e. The highest BCUT2D eigenvalue weighted by Gasteiger charge is 2.17. The zero-order valence-electron chi connectivity index (χ0n) is 26.5. The average Bonchev–Trinajstić information content (AvgIpc) is 3.82. The topological polar surface area (TPSA) is 23.0 Å². The lowest BCUT2D eigenvalue weighted by Crippen LogP contribution is -1.94. The summed E-state index contributed by atoms with van der Waals surface area (Å²) in [6, 6.07) is 61.3. The summed E-state index contributed by atoms with van der Waals surface area (Å²) in [5, 5.41) is 9.60. The molecule has 0 fully saturated rings. The molecule has 11 rings (SSSR count). The Bertz CT molecular complexity index is 3100. The summed E-state index contributed by atoms with van der Waals surface area (Å²) < 4.78 is 11.2. The van der Waals surface area contributed by atoms with Crippen LogP contribution in [-0.4, -0.2) is 9.13 Å². The van der Waals surface area contributed by atoms with Crippen LogP contribution >= 0.6 is 0 Å². The molecule has 0 N–H and O–H groups in total. The molecule has 3 heteroatoms. The number of rotatable bonds is 3. The van der Waals surface area contributed by atoms with Gasteiger partial charge in [-0.15, -0.1) is 0 Å². The fraction of sp³-hybridized carbons (Fsp3) is 0. The minimum atomic E-state index is 0.904. The Morgan fingerprint density at radius 1 is 0.327 bits per heavy atom. The fourth-order valence-corrected chi connectivity index (χ4v) is 8.07. The number of aromatic nitrogens is 2. The quantitative estimate of drug-likeness (QED) is 0.192. The Hall–Kier alpha value is -6.58. The van der Waals surface area contributed by atoms with Crippen molar-refractivity contribution in [3.63, 3.8) is 0 Å². The summed E-state index contributed by atoms with van der Waals surface area (Å²) in [5.74, 6) is 0. The standard InChI is InChI=1S/C46H28N2O/c1-2-11-32(12-3-1)47-41-16-8-6-14-35(41)37-22-19-31(27-44(37)47)30-20-24-43-39(26-30)36-15-7-9-17-42(36)48(43)33-21-25-45-40(28-33)38-23-18-29-10-4-5-13-34(29)46(38)49-45/h1-28H. The lowest BCUT2D eigenvalue weighted by molar-refractivity contribution is 0.672. The van der Waals surface area contributed by atoms with E-state index in [4.69, 9.17) is 4.42 Å². The minimum Gasteiger partial charge on any atom is -0.455 e. The highest BCUT2D eigenvalue weighted by molar-refractivity contribution is 6.16. The van der Waals surface area contributed by atoms with Gasteiger partial charge in [0, 0.05) is 49.1 Å². The van der Waals surface area contributed by atoms with Crippen molar-refractivity contribution >= 4 is 76.3 Å². The molecular weight excluding hydrogens is 597 g/mol. The molecule has 3 nitrogen and oxygen atoms in total. The van der Waals surface area contributed by atoms with E-state index in [9.17, 15) is 0 Å². The van der Waals surface area contributed by atoms with Gasteiger partial charge in [-0.05, 0) is 83.2 Å². The molecule has 11 aromatic rings. The molecule has 0 saturated heterocycles. The molecule has 0 aliphatic rings. The van der Waals surface area contributed by atoms with Gasteiger partial charge < -0.3 is 13.6 Å². The predicted molar refractivity (Wildman–Crippen MR) is 205 cm³/mol. The Morgan fingerprint density at radius 2 is 0.939 bits per heavy atom. The van der Waals surface area contributed by atoms with E-state index in [2.05, 4.69) is 179 Å². The van der Waals surface area contributed by atoms with E-state index in [0.29, 0.717) is 0 Å². The van der Waals surface area contributed by atoms with Crippen molar-refractivity contribution < 1.29 is 4.42 Å². The zero-order valence-corrected chi connectivity index (χ0v) is 26.5. The summed E-state index contributed by atoms with van der Waals surface area (Å²) in [7, 11) is 0. The third-order valence-corrected chi connectivity index (χ3v) is 10.3. The first-order valence-corrected chi connectivity index (χ1v) is 16.8. The van der Waals surface area contributed by atoms with E-state index in [0.717, 1.165) is 33.0 Å². The summed E-state index contributed by atoms with van der Waals surface area (Å²) in [5.41, 5.74) is 11.3. The Morgan fingerprint density at radius 3 is 1.78 bits per heavy atom.